The molecular weight excluding hydrogens is 264 g/mol. The van der Waals surface area contributed by atoms with E-state index in [9.17, 15) is 9.59 Å². The Morgan fingerprint density at radius 3 is 2.52 bits per heavy atom. The molecule has 1 aliphatic carbocycles. The summed E-state index contributed by atoms with van der Waals surface area (Å²) in [4.78, 5) is 27.5. The van der Waals surface area contributed by atoms with E-state index in [0.29, 0.717) is 6.54 Å². The van der Waals surface area contributed by atoms with Crippen LogP contribution in [0, 0.1) is 5.92 Å². The van der Waals surface area contributed by atoms with E-state index in [1.807, 2.05) is 25.7 Å². The van der Waals surface area contributed by atoms with Crippen LogP contribution in [0.1, 0.15) is 59.8 Å². The van der Waals surface area contributed by atoms with E-state index in [4.69, 9.17) is 0 Å². The molecule has 0 aromatic carbocycles. The molecule has 4 heteroatoms. The van der Waals surface area contributed by atoms with E-state index in [-0.39, 0.29) is 23.8 Å². The maximum absolute atomic E-state index is 12.9. The van der Waals surface area contributed by atoms with Crippen molar-refractivity contribution in [2.24, 2.45) is 5.92 Å². The van der Waals surface area contributed by atoms with Gasteiger partial charge in [-0.15, -0.1) is 0 Å². The second kappa shape index (κ2) is 6.20. The first-order chi connectivity index (χ1) is 9.92. The van der Waals surface area contributed by atoms with Gasteiger partial charge in [0.25, 0.3) is 0 Å². The SMILES string of the molecule is CCC(C)C1NC(=O)C2(CCCC2)N(CC=C(C)C)C1=O. The maximum atomic E-state index is 12.9. The van der Waals surface area contributed by atoms with Crippen molar-refractivity contribution in [1.82, 2.24) is 10.2 Å². The molecule has 1 saturated carbocycles. The fourth-order valence-corrected chi connectivity index (χ4v) is 3.46. The maximum Gasteiger partial charge on any atom is 0.246 e. The lowest BCUT2D eigenvalue weighted by Crippen LogP contribution is -2.70. The number of nitrogens with one attached hydrogen (secondary N) is 1. The predicted molar refractivity (Wildman–Crippen MR) is 83.7 cm³/mol. The molecule has 2 atom stereocenters. The normalized spacial score (nSPS) is 25.9. The van der Waals surface area contributed by atoms with Gasteiger partial charge in [0.15, 0.2) is 0 Å². The molecule has 2 aliphatic rings. The lowest BCUT2D eigenvalue weighted by Gasteiger charge is -2.47. The minimum absolute atomic E-state index is 0.0621. The van der Waals surface area contributed by atoms with Crippen molar-refractivity contribution < 1.29 is 9.59 Å². The summed E-state index contributed by atoms with van der Waals surface area (Å²) in [6.07, 6.45) is 6.60. The molecular formula is C17H28N2O2. The highest BCUT2D eigenvalue weighted by Crippen LogP contribution is 2.39. The average Bonchev–Trinajstić information content (AvgIpc) is 2.92. The van der Waals surface area contributed by atoms with E-state index < -0.39 is 5.54 Å². The Balaban J connectivity index is 2.32. The molecule has 0 aromatic heterocycles. The Bertz CT molecular complexity index is 446. The molecule has 1 aliphatic heterocycles. The molecule has 4 nitrogen and oxygen atoms in total. The lowest BCUT2D eigenvalue weighted by molar-refractivity contribution is -0.158. The molecule has 0 aromatic rings. The fourth-order valence-electron chi connectivity index (χ4n) is 3.46. The van der Waals surface area contributed by atoms with Crippen LogP contribution in [-0.4, -0.2) is 34.8 Å². The third-order valence-electron chi connectivity index (χ3n) is 5.08. The first kappa shape index (κ1) is 16.1. The van der Waals surface area contributed by atoms with Crippen molar-refractivity contribution >= 4 is 11.8 Å². The second-order valence-corrected chi connectivity index (χ2v) is 6.81. The van der Waals surface area contributed by atoms with Gasteiger partial charge in [-0.2, -0.15) is 0 Å². The molecule has 118 valence electrons. The summed E-state index contributed by atoms with van der Waals surface area (Å²) < 4.78 is 0. The van der Waals surface area contributed by atoms with Crippen molar-refractivity contribution in [3.63, 3.8) is 0 Å². The Morgan fingerprint density at radius 1 is 1.38 bits per heavy atom. The number of hydrogen-bond donors (Lipinski definition) is 1. The van der Waals surface area contributed by atoms with Crippen LogP contribution >= 0.6 is 0 Å². The Hall–Kier alpha value is -1.32. The number of nitrogens with zero attached hydrogens (tertiary/aromatic N) is 1. The molecule has 21 heavy (non-hydrogen) atoms. The number of amides is 2. The molecule has 1 heterocycles. The van der Waals surface area contributed by atoms with Gasteiger partial charge in [-0.1, -0.05) is 44.8 Å². The summed E-state index contributed by atoms with van der Waals surface area (Å²) in [6.45, 7) is 8.71. The topological polar surface area (TPSA) is 49.4 Å². The zero-order valence-corrected chi connectivity index (χ0v) is 13.7. The van der Waals surface area contributed by atoms with Gasteiger partial charge in [0, 0.05) is 6.54 Å². The minimum Gasteiger partial charge on any atom is -0.342 e. The number of carbonyl (C=O) groups is 2. The van der Waals surface area contributed by atoms with Crippen LogP contribution in [0.2, 0.25) is 0 Å². The molecule has 1 N–H and O–H groups in total. The van der Waals surface area contributed by atoms with Crippen LogP contribution in [0.4, 0.5) is 0 Å². The van der Waals surface area contributed by atoms with Crippen molar-refractivity contribution in [2.45, 2.75) is 71.4 Å². The zero-order chi connectivity index (χ0) is 15.6. The molecule has 2 amide bonds. The van der Waals surface area contributed by atoms with Crippen LogP contribution in [0.25, 0.3) is 0 Å². The summed E-state index contributed by atoms with van der Waals surface area (Å²) in [5.41, 5.74) is 0.592. The van der Waals surface area contributed by atoms with Gasteiger partial charge >= 0.3 is 0 Å². The van der Waals surface area contributed by atoms with Crippen LogP contribution in [0.5, 0.6) is 0 Å². The summed E-state index contributed by atoms with van der Waals surface area (Å²) in [6, 6.07) is -0.362. The van der Waals surface area contributed by atoms with Crippen LogP contribution in [0.3, 0.4) is 0 Å². The van der Waals surface area contributed by atoms with Gasteiger partial charge in [0.05, 0.1) is 0 Å². The predicted octanol–water partition coefficient (Wildman–Crippen LogP) is 2.64. The molecule has 2 fully saturated rings. The highest BCUT2D eigenvalue weighted by molar-refractivity contribution is 6.00. The van der Waals surface area contributed by atoms with Crippen LogP contribution in [-0.2, 0) is 9.59 Å². The van der Waals surface area contributed by atoms with Crippen molar-refractivity contribution in [1.29, 1.82) is 0 Å². The number of allylic oxidation sites excluding steroid dienone is 1. The van der Waals surface area contributed by atoms with Crippen LogP contribution < -0.4 is 5.32 Å². The Labute approximate surface area is 128 Å². The molecule has 1 spiro atoms. The third kappa shape index (κ3) is 2.85. The minimum atomic E-state index is -0.590. The van der Waals surface area contributed by atoms with E-state index in [0.717, 1.165) is 32.1 Å². The Morgan fingerprint density at radius 2 is 2.00 bits per heavy atom. The second-order valence-electron chi connectivity index (χ2n) is 6.81. The zero-order valence-electron chi connectivity index (χ0n) is 13.7. The van der Waals surface area contributed by atoms with Crippen LogP contribution in [0.15, 0.2) is 11.6 Å². The van der Waals surface area contributed by atoms with Gasteiger partial charge < -0.3 is 10.2 Å². The Kier molecular flexibility index (Phi) is 4.74. The summed E-state index contributed by atoms with van der Waals surface area (Å²) in [7, 11) is 0. The first-order valence-corrected chi connectivity index (χ1v) is 8.18. The number of piperazine rings is 1. The largest absolute Gasteiger partial charge is 0.342 e. The lowest BCUT2D eigenvalue weighted by atomic mass is 9.85. The first-order valence-electron chi connectivity index (χ1n) is 8.18. The summed E-state index contributed by atoms with van der Waals surface area (Å²) >= 11 is 0. The third-order valence-corrected chi connectivity index (χ3v) is 5.08. The monoisotopic (exact) mass is 292 g/mol. The summed E-state index contributed by atoms with van der Waals surface area (Å²) in [5.74, 6) is 0.338. The molecule has 1 saturated heterocycles. The highest BCUT2D eigenvalue weighted by Gasteiger charge is 2.53. The average molecular weight is 292 g/mol. The molecule has 0 radical (unpaired) electrons. The fraction of sp³-hybridized carbons (Fsp3) is 0.765. The molecule has 0 bridgehead atoms. The van der Waals surface area contributed by atoms with E-state index >= 15 is 0 Å². The molecule has 2 rings (SSSR count). The van der Waals surface area contributed by atoms with Gasteiger partial charge in [0.2, 0.25) is 11.8 Å². The number of hydrogen-bond acceptors (Lipinski definition) is 2. The van der Waals surface area contributed by atoms with E-state index in [1.54, 1.807) is 0 Å². The van der Waals surface area contributed by atoms with Gasteiger partial charge in [-0.25, -0.2) is 0 Å². The molecule has 2 unspecified atom stereocenters. The van der Waals surface area contributed by atoms with Gasteiger partial charge in [-0.05, 0) is 32.6 Å². The van der Waals surface area contributed by atoms with Crippen molar-refractivity contribution in [3.8, 4) is 0 Å². The standard InChI is InChI=1S/C17H28N2O2/c1-5-13(4)14-15(20)19(11-8-12(2)3)17(16(21)18-14)9-6-7-10-17/h8,13-14H,5-7,9-11H2,1-4H3,(H,18,21). The van der Waals surface area contributed by atoms with Gasteiger partial charge in [-0.3, -0.25) is 9.59 Å². The van der Waals surface area contributed by atoms with Gasteiger partial charge in [0.1, 0.15) is 11.6 Å². The summed E-state index contributed by atoms with van der Waals surface area (Å²) in [5, 5.41) is 3.02. The number of carbonyl (C=O) groups excluding carboxylic acids is 2. The highest BCUT2D eigenvalue weighted by atomic mass is 16.2. The quantitative estimate of drug-likeness (QED) is 0.810. The van der Waals surface area contributed by atoms with E-state index in [1.165, 1.54) is 5.57 Å². The van der Waals surface area contributed by atoms with Crippen molar-refractivity contribution in [2.75, 3.05) is 6.54 Å². The van der Waals surface area contributed by atoms with E-state index in [2.05, 4.69) is 18.3 Å². The number of rotatable bonds is 4. The van der Waals surface area contributed by atoms with Crippen molar-refractivity contribution in [3.05, 3.63) is 11.6 Å². The smallest absolute Gasteiger partial charge is 0.246 e.